The molecule has 3 aromatic heterocycles. The van der Waals surface area contributed by atoms with Crippen LogP contribution in [0.2, 0.25) is 5.15 Å². The average Bonchev–Trinajstić information content (AvgIpc) is 3.27. The van der Waals surface area contributed by atoms with Gasteiger partial charge in [-0.2, -0.15) is 0 Å². The summed E-state index contributed by atoms with van der Waals surface area (Å²) in [5.74, 6) is 0.453. The lowest BCUT2D eigenvalue weighted by molar-refractivity contribution is 0.0476. The number of amides is 1. The Kier molecular flexibility index (Phi) is 7.49. The molecule has 0 aliphatic heterocycles. The van der Waals surface area contributed by atoms with Crippen molar-refractivity contribution in [2.45, 2.75) is 58.5 Å². The quantitative estimate of drug-likeness (QED) is 0.331. The maximum atomic E-state index is 14.3. The molecule has 0 saturated heterocycles. The number of fused-ring (bicyclic) bond motifs is 1. The number of halogens is 3. The van der Waals surface area contributed by atoms with Gasteiger partial charge in [-0.25, -0.2) is 14.2 Å². The Labute approximate surface area is 197 Å². The molecule has 31 heavy (non-hydrogen) atoms. The first-order chi connectivity index (χ1) is 14.5. The number of pyridine rings is 1. The second-order valence-corrected chi connectivity index (χ2v) is 10.3. The van der Waals surface area contributed by atoms with E-state index >= 15 is 0 Å². The van der Waals surface area contributed by atoms with Crippen molar-refractivity contribution in [3.8, 4) is 0 Å². The Morgan fingerprint density at radius 2 is 2.19 bits per heavy atom. The summed E-state index contributed by atoms with van der Waals surface area (Å²) in [5.41, 5.74) is 1.03. The molecule has 3 heterocycles. The molecule has 0 unspecified atom stereocenters. The zero-order valence-electron chi connectivity index (χ0n) is 17.6. The minimum absolute atomic E-state index is 0.107. The van der Waals surface area contributed by atoms with Gasteiger partial charge in [0.15, 0.2) is 5.58 Å². The lowest BCUT2D eigenvalue weighted by Crippen LogP contribution is -2.44. The molecule has 10 heteroatoms. The van der Waals surface area contributed by atoms with Crippen molar-refractivity contribution in [2.75, 3.05) is 5.32 Å². The number of nitrogens with zero attached hydrogens (tertiary/aromatic N) is 1. The van der Waals surface area contributed by atoms with E-state index in [9.17, 15) is 9.18 Å². The van der Waals surface area contributed by atoms with Crippen LogP contribution < -0.4 is 10.6 Å². The molecule has 1 amide bonds. The van der Waals surface area contributed by atoms with Crippen molar-refractivity contribution in [3.63, 3.8) is 0 Å². The minimum Gasteiger partial charge on any atom is -0.456 e. The molecule has 0 aliphatic carbocycles. The maximum absolute atomic E-state index is 14.3. The van der Waals surface area contributed by atoms with Crippen LogP contribution in [0, 0.1) is 0 Å². The first-order valence-electron chi connectivity index (χ1n) is 9.70. The van der Waals surface area contributed by atoms with Gasteiger partial charge in [0, 0.05) is 23.9 Å². The SMILES string of the molecule is C[C@H](F)[C@@H](Cc1oc2c(NCc3cccs3)cc(Cl)nc2c1Br)NC(=O)OC(C)(C)C. The van der Waals surface area contributed by atoms with Crippen LogP contribution in [-0.4, -0.2) is 28.9 Å². The fourth-order valence-corrected chi connectivity index (χ4v) is 4.25. The molecular formula is C21H24BrClFN3O3S. The minimum atomic E-state index is -1.33. The Hall–Kier alpha value is -1.84. The van der Waals surface area contributed by atoms with Gasteiger partial charge in [-0.1, -0.05) is 17.7 Å². The number of carbonyl (C=O) groups is 1. The van der Waals surface area contributed by atoms with Gasteiger partial charge in [-0.3, -0.25) is 0 Å². The summed E-state index contributed by atoms with van der Waals surface area (Å²) in [5, 5.41) is 8.20. The van der Waals surface area contributed by atoms with Gasteiger partial charge in [0.1, 0.15) is 28.2 Å². The Bertz CT molecular complexity index is 1050. The molecular weight excluding hydrogens is 509 g/mol. The summed E-state index contributed by atoms with van der Waals surface area (Å²) in [7, 11) is 0. The zero-order valence-corrected chi connectivity index (χ0v) is 20.8. The highest BCUT2D eigenvalue weighted by Gasteiger charge is 2.27. The fourth-order valence-electron chi connectivity index (χ4n) is 2.90. The van der Waals surface area contributed by atoms with Crippen LogP contribution >= 0.6 is 38.9 Å². The summed E-state index contributed by atoms with van der Waals surface area (Å²) >= 11 is 11.3. The maximum Gasteiger partial charge on any atom is 0.407 e. The number of carbonyl (C=O) groups excluding carboxylic acids is 1. The van der Waals surface area contributed by atoms with Gasteiger partial charge in [0.2, 0.25) is 0 Å². The molecule has 2 atom stereocenters. The van der Waals surface area contributed by atoms with E-state index in [4.69, 9.17) is 20.8 Å². The van der Waals surface area contributed by atoms with E-state index in [2.05, 4.69) is 31.5 Å². The van der Waals surface area contributed by atoms with E-state index < -0.39 is 23.9 Å². The first-order valence-corrected chi connectivity index (χ1v) is 11.8. The third-order valence-electron chi connectivity index (χ3n) is 4.31. The molecule has 0 aliphatic rings. The molecule has 2 N–H and O–H groups in total. The third-order valence-corrected chi connectivity index (χ3v) is 6.20. The topological polar surface area (TPSA) is 76.4 Å². The van der Waals surface area contributed by atoms with Crippen LogP contribution in [0.4, 0.5) is 14.9 Å². The number of alkyl halides is 1. The van der Waals surface area contributed by atoms with Gasteiger partial charge in [0.25, 0.3) is 0 Å². The van der Waals surface area contributed by atoms with Crippen LogP contribution in [0.5, 0.6) is 0 Å². The molecule has 3 rings (SSSR count). The van der Waals surface area contributed by atoms with Crippen LogP contribution in [0.25, 0.3) is 11.1 Å². The van der Waals surface area contributed by atoms with E-state index in [1.54, 1.807) is 38.2 Å². The summed E-state index contributed by atoms with van der Waals surface area (Å²) < 4.78 is 26.1. The number of hydrogen-bond acceptors (Lipinski definition) is 6. The zero-order chi connectivity index (χ0) is 22.8. The standard InChI is InChI=1S/C21H24BrClFN3O3S/c1-11(24)13(26-20(28)30-21(2,3)4)8-15-17(22)18-19(29-15)14(9-16(23)27-18)25-10-12-6-5-7-31-12/h5-7,9,11,13H,8,10H2,1-4H3,(H,25,27)(H,26,28)/t11-,13+/m0/s1. The lowest BCUT2D eigenvalue weighted by atomic mass is 10.1. The second kappa shape index (κ2) is 9.75. The second-order valence-electron chi connectivity index (χ2n) is 8.08. The van der Waals surface area contributed by atoms with Crippen LogP contribution in [0.1, 0.15) is 38.3 Å². The predicted molar refractivity (Wildman–Crippen MR) is 126 cm³/mol. The normalized spacial score (nSPS) is 13.8. The number of nitrogens with one attached hydrogen (secondary N) is 2. The summed E-state index contributed by atoms with van der Waals surface area (Å²) in [6.07, 6.45) is -1.91. The van der Waals surface area contributed by atoms with Crippen molar-refractivity contribution < 1.29 is 18.3 Å². The third kappa shape index (κ3) is 6.33. The van der Waals surface area contributed by atoms with E-state index in [1.807, 2.05) is 17.5 Å². The summed E-state index contributed by atoms with van der Waals surface area (Å²) in [6, 6.07) is 4.85. The number of aromatic nitrogens is 1. The molecule has 0 bridgehead atoms. The van der Waals surface area contributed by atoms with Crippen molar-refractivity contribution in [2.24, 2.45) is 0 Å². The highest BCUT2D eigenvalue weighted by atomic mass is 79.9. The Morgan fingerprint density at radius 1 is 1.45 bits per heavy atom. The van der Waals surface area contributed by atoms with E-state index in [0.29, 0.717) is 38.7 Å². The number of rotatable bonds is 7. The molecule has 0 fully saturated rings. The van der Waals surface area contributed by atoms with Gasteiger partial charge in [-0.05, 0) is 55.1 Å². The van der Waals surface area contributed by atoms with Crippen molar-refractivity contribution in [3.05, 3.63) is 43.8 Å². The number of ether oxygens (including phenoxy) is 1. The molecule has 0 radical (unpaired) electrons. The highest BCUT2D eigenvalue weighted by molar-refractivity contribution is 9.10. The number of alkyl carbamates (subject to hydrolysis) is 1. The molecule has 0 spiro atoms. The smallest absolute Gasteiger partial charge is 0.407 e. The molecule has 168 valence electrons. The Balaban J connectivity index is 1.84. The van der Waals surface area contributed by atoms with Crippen LogP contribution in [-0.2, 0) is 17.7 Å². The van der Waals surface area contributed by atoms with Crippen molar-refractivity contribution in [1.29, 1.82) is 0 Å². The van der Waals surface area contributed by atoms with Crippen LogP contribution in [0.15, 0.2) is 32.5 Å². The Morgan fingerprint density at radius 3 is 2.81 bits per heavy atom. The number of furan rings is 1. The first kappa shape index (κ1) is 23.8. The van der Waals surface area contributed by atoms with E-state index in [0.717, 1.165) is 4.88 Å². The van der Waals surface area contributed by atoms with E-state index in [1.165, 1.54) is 6.92 Å². The average molecular weight is 533 g/mol. The summed E-state index contributed by atoms with van der Waals surface area (Å²) in [6.45, 7) is 7.22. The van der Waals surface area contributed by atoms with Crippen LogP contribution in [0.3, 0.4) is 0 Å². The molecule has 3 aromatic rings. The van der Waals surface area contributed by atoms with Crippen molar-refractivity contribution in [1.82, 2.24) is 10.3 Å². The molecule has 0 saturated carbocycles. The monoisotopic (exact) mass is 531 g/mol. The highest BCUT2D eigenvalue weighted by Crippen LogP contribution is 2.36. The predicted octanol–water partition coefficient (Wildman–Crippen LogP) is 6.71. The van der Waals surface area contributed by atoms with Gasteiger partial charge in [0.05, 0.1) is 16.2 Å². The summed E-state index contributed by atoms with van der Waals surface area (Å²) in [4.78, 5) is 17.6. The lowest BCUT2D eigenvalue weighted by Gasteiger charge is -2.24. The fraction of sp³-hybridized carbons (Fsp3) is 0.429. The molecule has 0 aromatic carbocycles. The molecule has 6 nitrogen and oxygen atoms in total. The number of hydrogen-bond donors (Lipinski definition) is 2. The number of thiophene rings is 1. The van der Waals surface area contributed by atoms with Gasteiger partial charge < -0.3 is 19.8 Å². The van der Waals surface area contributed by atoms with Gasteiger partial charge >= 0.3 is 6.09 Å². The number of anilines is 1. The van der Waals surface area contributed by atoms with Crippen molar-refractivity contribution >= 4 is 61.7 Å². The van der Waals surface area contributed by atoms with Gasteiger partial charge in [-0.15, -0.1) is 11.3 Å². The van der Waals surface area contributed by atoms with E-state index in [-0.39, 0.29) is 6.42 Å². The largest absolute Gasteiger partial charge is 0.456 e.